The predicted octanol–water partition coefficient (Wildman–Crippen LogP) is 4.79. The fraction of sp³-hybridized carbons (Fsp3) is 0.333. The molecule has 118 valence electrons. The van der Waals surface area contributed by atoms with Crippen LogP contribution in [0.1, 0.15) is 44.5 Å². The molecular weight excluding hydrogens is 280 g/mol. The molecule has 1 aliphatic rings. The van der Waals surface area contributed by atoms with Crippen molar-refractivity contribution in [2.45, 2.75) is 41.5 Å². The molecular formula is C21H24N2. The molecule has 0 amide bonds. The van der Waals surface area contributed by atoms with Crippen LogP contribution in [0.3, 0.4) is 0 Å². The number of aliphatic imine (C=N–C) groups is 2. The number of rotatable bonds is 2. The first-order chi connectivity index (χ1) is 10.9. The molecule has 2 aromatic rings. The Labute approximate surface area is 139 Å². The van der Waals surface area contributed by atoms with Crippen LogP contribution in [0.25, 0.3) is 0 Å². The maximum Gasteiger partial charge on any atom is 0.130 e. The maximum absolute atomic E-state index is 4.73. The number of nitrogens with zero attached hydrogens (tertiary/aromatic N) is 2. The third-order valence-electron chi connectivity index (χ3n) is 4.51. The van der Waals surface area contributed by atoms with E-state index in [9.17, 15) is 0 Å². The van der Waals surface area contributed by atoms with Crippen molar-refractivity contribution < 1.29 is 0 Å². The first-order valence-corrected chi connectivity index (χ1v) is 8.14. The molecule has 2 heteroatoms. The first-order valence-electron chi connectivity index (χ1n) is 8.14. The lowest BCUT2D eigenvalue weighted by atomic mass is 9.88. The van der Waals surface area contributed by atoms with Gasteiger partial charge in [-0.05, 0) is 63.8 Å². The van der Waals surface area contributed by atoms with Gasteiger partial charge in [-0.15, -0.1) is 0 Å². The minimum absolute atomic E-state index is 0.532. The Morgan fingerprint density at radius 3 is 1.17 bits per heavy atom. The molecule has 0 radical (unpaired) electrons. The van der Waals surface area contributed by atoms with E-state index < -0.39 is 0 Å². The lowest BCUT2D eigenvalue weighted by Crippen LogP contribution is -2.19. The van der Waals surface area contributed by atoms with Crippen LogP contribution < -0.4 is 0 Å². The Balaban J connectivity index is 2.16. The highest BCUT2D eigenvalue weighted by Gasteiger charge is 2.23. The Hall–Kier alpha value is -2.22. The van der Waals surface area contributed by atoms with Gasteiger partial charge in [-0.1, -0.05) is 35.4 Å². The third kappa shape index (κ3) is 2.74. The molecule has 2 nitrogen and oxygen atoms in total. The van der Waals surface area contributed by atoms with Gasteiger partial charge in [0.15, 0.2) is 0 Å². The third-order valence-corrected chi connectivity index (χ3v) is 4.51. The molecule has 0 fully saturated rings. The van der Waals surface area contributed by atoms with Gasteiger partial charge in [-0.25, -0.2) is 0 Å². The van der Waals surface area contributed by atoms with E-state index in [-0.39, 0.29) is 0 Å². The van der Waals surface area contributed by atoms with Crippen LogP contribution in [0.2, 0.25) is 0 Å². The van der Waals surface area contributed by atoms with E-state index in [1.807, 2.05) is 0 Å². The largest absolute Gasteiger partial charge is 0.259 e. The van der Waals surface area contributed by atoms with Crippen LogP contribution in [-0.2, 0) is 0 Å². The first kappa shape index (κ1) is 15.7. The standard InChI is InChI=1S/C21H24N2/c1-12-7-14(3)18(15(4)8-12)20-21(23-11-22-20)19-16(5)9-13(2)10-17(19)6/h7-10H,11H2,1-6H3. The highest BCUT2D eigenvalue weighted by Crippen LogP contribution is 2.25. The van der Waals surface area contributed by atoms with E-state index in [1.165, 1.54) is 44.5 Å². The van der Waals surface area contributed by atoms with Crippen molar-refractivity contribution in [3.05, 3.63) is 68.8 Å². The molecule has 0 spiro atoms. The van der Waals surface area contributed by atoms with E-state index in [4.69, 9.17) is 9.98 Å². The lowest BCUT2D eigenvalue weighted by molar-refractivity contribution is 1.10. The molecule has 0 saturated carbocycles. The molecule has 23 heavy (non-hydrogen) atoms. The molecule has 0 aromatic heterocycles. The SMILES string of the molecule is Cc1cc(C)c(C2=NCN=C2c2c(C)cc(C)cc2C)c(C)c1. The second kappa shape index (κ2) is 5.77. The summed E-state index contributed by atoms with van der Waals surface area (Å²) in [6.45, 7) is 13.5. The Morgan fingerprint density at radius 2 is 0.870 bits per heavy atom. The van der Waals surface area contributed by atoms with Crippen LogP contribution in [-0.4, -0.2) is 18.1 Å². The van der Waals surface area contributed by atoms with Crippen molar-refractivity contribution in [1.29, 1.82) is 0 Å². The lowest BCUT2D eigenvalue weighted by Gasteiger charge is -2.16. The summed E-state index contributed by atoms with van der Waals surface area (Å²) in [6, 6.07) is 8.93. The Bertz CT molecular complexity index is 737. The summed E-state index contributed by atoms with van der Waals surface area (Å²) in [5, 5.41) is 0. The van der Waals surface area contributed by atoms with Crippen LogP contribution in [0, 0.1) is 41.5 Å². The molecule has 2 aromatic carbocycles. The summed E-state index contributed by atoms with van der Waals surface area (Å²) in [5.74, 6) is 0. The van der Waals surface area contributed by atoms with Gasteiger partial charge >= 0.3 is 0 Å². The summed E-state index contributed by atoms with van der Waals surface area (Å²) < 4.78 is 0. The molecule has 1 heterocycles. The van der Waals surface area contributed by atoms with Crippen molar-refractivity contribution in [3.8, 4) is 0 Å². The molecule has 0 bridgehead atoms. The van der Waals surface area contributed by atoms with Gasteiger partial charge in [-0.3, -0.25) is 9.98 Å². The van der Waals surface area contributed by atoms with Gasteiger partial charge < -0.3 is 0 Å². The van der Waals surface area contributed by atoms with Crippen molar-refractivity contribution in [2.24, 2.45) is 9.98 Å². The summed E-state index contributed by atoms with van der Waals surface area (Å²) in [7, 11) is 0. The predicted molar refractivity (Wildman–Crippen MR) is 99.2 cm³/mol. The number of benzene rings is 2. The quantitative estimate of drug-likeness (QED) is 0.762. The summed E-state index contributed by atoms with van der Waals surface area (Å²) in [5.41, 5.74) is 12.3. The smallest absolute Gasteiger partial charge is 0.130 e. The minimum Gasteiger partial charge on any atom is -0.259 e. The maximum atomic E-state index is 4.73. The number of aryl methyl sites for hydroxylation is 6. The Kier molecular flexibility index (Phi) is 3.93. The second-order valence-electron chi connectivity index (χ2n) is 6.70. The second-order valence-corrected chi connectivity index (χ2v) is 6.70. The average Bonchev–Trinajstić information content (AvgIpc) is 2.85. The highest BCUT2D eigenvalue weighted by atomic mass is 15.0. The summed E-state index contributed by atoms with van der Waals surface area (Å²) >= 11 is 0. The number of hydrogen-bond donors (Lipinski definition) is 0. The van der Waals surface area contributed by atoms with Crippen molar-refractivity contribution in [1.82, 2.24) is 0 Å². The van der Waals surface area contributed by atoms with Gasteiger partial charge in [0.25, 0.3) is 0 Å². The summed E-state index contributed by atoms with van der Waals surface area (Å²) in [6.07, 6.45) is 0. The zero-order chi connectivity index (χ0) is 16.7. The van der Waals surface area contributed by atoms with Crippen LogP contribution in [0.15, 0.2) is 34.3 Å². The van der Waals surface area contributed by atoms with Gasteiger partial charge in [0, 0.05) is 11.1 Å². The van der Waals surface area contributed by atoms with Gasteiger partial charge in [0.05, 0.1) is 11.4 Å². The topological polar surface area (TPSA) is 24.7 Å². The van der Waals surface area contributed by atoms with Crippen LogP contribution in [0.5, 0.6) is 0 Å². The Morgan fingerprint density at radius 1 is 0.565 bits per heavy atom. The highest BCUT2D eigenvalue weighted by molar-refractivity contribution is 6.55. The zero-order valence-corrected chi connectivity index (χ0v) is 14.9. The molecule has 3 rings (SSSR count). The molecule has 0 unspecified atom stereocenters. The number of hydrogen-bond acceptors (Lipinski definition) is 2. The monoisotopic (exact) mass is 304 g/mol. The van der Waals surface area contributed by atoms with Crippen molar-refractivity contribution in [3.63, 3.8) is 0 Å². The molecule has 0 saturated heterocycles. The molecule has 0 N–H and O–H groups in total. The normalized spacial score (nSPS) is 14.0. The van der Waals surface area contributed by atoms with Crippen LogP contribution in [0.4, 0.5) is 0 Å². The fourth-order valence-electron chi connectivity index (χ4n) is 3.83. The zero-order valence-electron chi connectivity index (χ0n) is 14.9. The van der Waals surface area contributed by atoms with E-state index in [2.05, 4.69) is 65.8 Å². The van der Waals surface area contributed by atoms with E-state index >= 15 is 0 Å². The van der Waals surface area contributed by atoms with Crippen molar-refractivity contribution in [2.75, 3.05) is 6.67 Å². The van der Waals surface area contributed by atoms with E-state index in [0.29, 0.717) is 6.67 Å². The summed E-state index contributed by atoms with van der Waals surface area (Å²) in [4.78, 5) is 9.47. The van der Waals surface area contributed by atoms with E-state index in [0.717, 1.165) is 11.4 Å². The minimum atomic E-state index is 0.532. The van der Waals surface area contributed by atoms with Gasteiger partial charge in [0.2, 0.25) is 0 Å². The van der Waals surface area contributed by atoms with Gasteiger partial charge in [-0.2, -0.15) is 0 Å². The average molecular weight is 304 g/mol. The van der Waals surface area contributed by atoms with Crippen LogP contribution >= 0.6 is 0 Å². The van der Waals surface area contributed by atoms with Gasteiger partial charge in [0.1, 0.15) is 6.67 Å². The molecule has 0 atom stereocenters. The molecule has 1 aliphatic heterocycles. The molecule has 0 aliphatic carbocycles. The van der Waals surface area contributed by atoms with Crippen molar-refractivity contribution >= 4 is 11.4 Å². The fourth-order valence-corrected chi connectivity index (χ4v) is 3.83. The van der Waals surface area contributed by atoms with E-state index in [1.54, 1.807) is 0 Å².